The zero-order chi connectivity index (χ0) is 10.2. The third-order valence-electron chi connectivity index (χ3n) is 4.20. The largest absolute Gasteiger partial charge is 0.298 e. The molecule has 0 aromatic rings. The van der Waals surface area contributed by atoms with Gasteiger partial charge in [-0.05, 0) is 32.4 Å². The fourth-order valence-corrected chi connectivity index (χ4v) is 3.01. The van der Waals surface area contributed by atoms with Gasteiger partial charge in [0.05, 0.1) is 0 Å². The molecule has 1 saturated heterocycles. The highest BCUT2D eigenvalue weighted by Crippen LogP contribution is 2.45. The van der Waals surface area contributed by atoms with Crippen LogP contribution >= 0.6 is 0 Å². The molecule has 0 amide bonds. The Morgan fingerprint density at radius 1 is 1.14 bits per heavy atom. The summed E-state index contributed by atoms with van der Waals surface area (Å²) in [5, 5.41) is 0. The van der Waals surface area contributed by atoms with Gasteiger partial charge in [0, 0.05) is 24.7 Å². The first-order valence-electron chi connectivity index (χ1n) is 6.25. The average Bonchev–Trinajstić information content (AvgIpc) is 2.98. The number of piperazine rings is 1. The van der Waals surface area contributed by atoms with Crippen LogP contribution in [0.25, 0.3) is 0 Å². The summed E-state index contributed by atoms with van der Waals surface area (Å²) in [5.74, 6) is 0. The summed E-state index contributed by atoms with van der Waals surface area (Å²) in [4.78, 5) is 5.42. The molecular weight excluding hydrogens is 172 g/mol. The SMILES string of the molecule is CCC1CN(CC)C2(CC2)CN1CC. The fourth-order valence-electron chi connectivity index (χ4n) is 3.01. The van der Waals surface area contributed by atoms with Gasteiger partial charge < -0.3 is 0 Å². The summed E-state index contributed by atoms with van der Waals surface area (Å²) in [5.41, 5.74) is 0.608. The van der Waals surface area contributed by atoms with Crippen LogP contribution < -0.4 is 0 Å². The van der Waals surface area contributed by atoms with E-state index >= 15 is 0 Å². The van der Waals surface area contributed by atoms with E-state index in [1.165, 1.54) is 45.4 Å². The second-order valence-corrected chi connectivity index (χ2v) is 4.89. The van der Waals surface area contributed by atoms with Gasteiger partial charge in [0.15, 0.2) is 0 Å². The molecule has 14 heavy (non-hydrogen) atoms. The van der Waals surface area contributed by atoms with Crippen LogP contribution in [0.5, 0.6) is 0 Å². The van der Waals surface area contributed by atoms with E-state index < -0.39 is 0 Å². The Balaban J connectivity index is 2.05. The van der Waals surface area contributed by atoms with Gasteiger partial charge in [0.2, 0.25) is 0 Å². The van der Waals surface area contributed by atoms with Crippen molar-refractivity contribution in [3.8, 4) is 0 Å². The molecular formula is C12H24N2. The lowest BCUT2D eigenvalue weighted by Crippen LogP contribution is -2.59. The maximum Gasteiger partial charge on any atom is 0.0338 e. The molecule has 0 aromatic carbocycles. The van der Waals surface area contributed by atoms with Crippen LogP contribution in [0.3, 0.4) is 0 Å². The van der Waals surface area contributed by atoms with Crippen LogP contribution in [-0.4, -0.2) is 47.6 Å². The molecule has 1 unspecified atom stereocenters. The van der Waals surface area contributed by atoms with E-state index in [4.69, 9.17) is 0 Å². The summed E-state index contributed by atoms with van der Waals surface area (Å²) in [6.07, 6.45) is 4.18. The zero-order valence-electron chi connectivity index (χ0n) is 9.92. The zero-order valence-corrected chi connectivity index (χ0v) is 9.92. The highest BCUT2D eigenvalue weighted by atomic mass is 15.3. The van der Waals surface area contributed by atoms with Crippen molar-refractivity contribution in [1.29, 1.82) is 0 Å². The molecule has 1 saturated carbocycles. The van der Waals surface area contributed by atoms with Crippen molar-refractivity contribution < 1.29 is 0 Å². The molecule has 2 heteroatoms. The monoisotopic (exact) mass is 196 g/mol. The number of hydrogen-bond acceptors (Lipinski definition) is 2. The van der Waals surface area contributed by atoms with Crippen LogP contribution in [0.15, 0.2) is 0 Å². The molecule has 1 spiro atoms. The lowest BCUT2D eigenvalue weighted by Gasteiger charge is -2.46. The molecule has 1 atom stereocenters. The molecule has 2 rings (SSSR count). The smallest absolute Gasteiger partial charge is 0.0338 e. The fraction of sp³-hybridized carbons (Fsp3) is 1.00. The third-order valence-corrected chi connectivity index (χ3v) is 4.20. The molecule has 2 nitrogen and oxygen atoms in total. The normalized spacial score (nSPS) is 32.4. The molecule has 0 aromatic heterocycles. The van der Waals surface area contributed by atoms with Gasteiger partial charge in [-0.25, -0.2) is 0 Å². The lowest BCUT2D eigenvalue weighted by atomic mass is 10.0. The maximum absolute atomic E-state index is 2.73. The van der Waals surface area contributed by atoms with Gasteiger partial charge in [-0.15, -0.1) is 0 Å². The van der Waals surface area contributed by atoms with Gasteiger partial charge in [-0.3, -0.25) is 9.80 Å². The van der Waals surface area contributed by atoms with E-state index in [9.17, 15) is 0 Å². The Hall–Kier alpha value is -0.0800. The van der Waals surface area contributed by atoms with Crippen LogP contribution in [0.1, 0.15) is 40.0 Å². The van der Waals surface area contributed by atoms with Crippen molar-refractivity contribution in [2.75, 3.05) is 26.2 Å². The van der Waals surface area contributed by atoms with Gasteiger partial charge >= 0.3 is 0 Å². The summed E-state index contributed by atoms with van der Waals surface area (Å²) < 4.78 is 0. The molecule has 0 bridgehead atoms. The summed E-state index contributed by atoms with van der Waals surface area (Å²) >= 11 is 0. The van der Waals surface area contributed by atoms with Crippen LogP contribution in [0.2, 0.25) is 0 Å². The van der Waals surface area contributed by atoms with Crippen molar-refractivity contribution in [1.82, 2.24) is 9.80 Å². The topological polar surface area (TPSA) is 6.48 Å². The number of nitrogens with zero attached hydrogens (tertiary/aromatic N) is 2. The van der Waals surface area contributed by atoms with Crippen LogP contribution in [0.4, 0.5) is 0 Å². The van der Waals surface area contributed by atoms with E-state index in [1.807, 2.05) is 0 Å². The third kappa shape index (κ3) is 1.59. The summed E-state index contributed by atoms with van der Waals surface area (Å²) in [7, 11) is 0. The van der Waals surface area contributed by atoms with Crippen molar-refractivity contribution in [2.45, 2.75) is 51.6 Å². The highest BCUT2D eigenvalue weighted by molar-refractivity contribution is 5.09. The minimum Gasteiger partial charge on any atom is -0.298 e. The first-order chi connectivity index (χ1) is 6.75. The van der Waals surface area contributed by atoms with E-state index in [1.54, 1.807) is 0 Å². The number of likely N-dealkylation sites (N-methyl/N-ethyl adjacent to an activating group) is 2. The molecule has 0 radical (unpaired) electrons. The maximum atomic E-state index is 2.73. The molecule has 1 aliphatic heterocycles. The summed E-state index contributed by atoms with van der Waals surface area (Å²) in [6.45, 7) is 12.1. The molecule has 82 valence electrons. The quantitative estimate of drug-likeness (QED) is 0.681. The Labute approximate surface area is 88.3 Å². The first kappa shape index (κ1) is 10.4. The lowest BCUT2D eigenvalue weighted by molar-refractivity contribution is 0.0199. The predicted octanol–water partition coefficient (Wildman–Crippen LogP) is 1.95. The van der Waals surface area contributed by atoms with E-state index in [0.717, 1.165) is 6.04 Å². The van der Waals surface area contributed by atoms with Gasteiger partial charge in [0.25, 0.3) is 0 Å². The second-order valence-electron chi connectivity index (χ2n) is 4.89. The van der Waals surface area contributed by atoms with E-state index in [-0.39, 0.29) is 0 Å². The van der Waals surface area contributed by atoms with Crippen molar-refractivity contribution in [3.63, 3.8) is 0 Å². The van der Waals surface area contributed by atoms with E-state index in [0.29, 0.717) is 5.54 Å². The predicted molar refractivity (Wildman–Crippen MR) is 60.5 cm³/mol. The van der Waals surface area contributed by atoms with Gasteiger partial charge in [-0.1, -0.05) is 20.8 Å². The van der Waals surface area contributed by atoms with Crippen molar-refractivity contribution in [2.24, 2.45) is 0 Å². The minimum absolute atomic E-state index is 0.608. The average molecular weight is 196 g/mol. The summed E-state index contributed by atoms with van der Waals surface area (Å²) in [6, 6.07) is 0.811. The standard InChI is InChI=1S/C12H24N2/c1-4-11-9-14(6-3)12(7-8-12)10-13(11)5-2/h11H,4-10H2,1-3H3. The Morgan fingerprint density at radius 2 is 1.86 bits per heavy atom. The van der Waals surface area contributed by atoms with Crippen LogP contribution in [0, 0.1) is 0 Å². The minimum atomic E-state index is 0.608. The Morgan fingerprint density at radius 3 is 2.29 bits per heavy atom. The van der Waals surface area contributed by atoms with Crippen molar-refractivity contribution in [3.05, 3.63) is 0 Å². The first-order valence-corrected chi connectivity index (χ1v) is 6.25. The van der Waals surface area contributed by atoms with Gasteiger partial charge in [0.1, 0.15) is 0 Å². The van der Waals surface area contributed by atoms with E-state index in [2.05, 4.69) is 30.6 Å². The number of hydrogen-bond donors (Lipinski definition) is 0. The Kier molecular flexibility index (Phi) is 2.85. The highest BCUT2D eigenvalue weighted by Gasteiger charge is 2.51. The van der Waals surface area contributed by atoms with Crippen molar-refractivity contribution >= 4 is 0 Å². The Bertz CT molecular complexity index is 198. The molecule has 1 heterocycles. The number of rotatable bonds is 3. The molecule has 2 fully saturated rings. The molecule has 1 aliphatic carbocycles. The second kappa shape index (κ2) is 3.82. The van der Waals surface area contributed by atoms with Gasteiger partial charge in [-0.2, -0.15) is 0 Å². The molecule has 2 aliphatic rings. The van der Waals surface area contributed by atoms with Crippen LogP contribution in [-0.2, 0) is 0 Å². The molecule has 0 N–H and O–H groups in total.